The molecule has 126 valence electrons. The maximum Gasteiger partial charge on any atom is 0.343 e. The van der Waals surface area contributed by atoms with E-state index in [2.05, 4.69) is 0 Å². The molecule has 1 amide bonds. The average molecular weight is 323 g/mol. The van der Waals surface area contributed by atoms with Crippen LogP contribution in [0.5, 0.6) is 5.75 Å². The number of nitrogens with zero attached hydrogens (tertiary/aromatic N) is 1. The van der Waals surface area contributed by atoms with Gasteiger partial charge in [-0.1, -0.05) is 19.1 Å². The van der Waals surface area contributed by atoms with Gasteiger partial charge in [-0.2, -0.15) is 0 Å². The lowest BCUT2D eigenvalue weighted by atomic mass is 9.92. The molecule has 0 saturated carbocycles. The van der Waals surface area contributed by atoms with E-state index in [0.29, 0.717) is 0 Å². The van der Waals surface area contributed by atoms with Crippen LogP contribution in [0.2, 0.25) is 0 Å². The largest absolute Gasteiger partial charge is 0.497 e. The van der Waals surface area contributed by atoms with Crippen LogP contribution in [0.1, 0.15) is 37.7 Å². The van der Waals surface area contributed by atoms with Crippen LogP contribution in [-0.4, -0.2) is 47.8 Å². The van der Waals surface area contributed by atoms with Crippen molar-refractivity contribution in [2.75, 3.05) is 20.2 Å². The van der Waals surface area contributed by atoms with Gasteiger partial charge in [-0.05, 0) is 30.0 Å². The molecule has 1 heterocycles. The Hall–Kier alpha value is -2.11. The number of carbonyl (C=O) groups is 2. The van der Waals surface area contributed by atoms with E-state index in [1.807, 2.05) is 31.2 Å². The van der Waals surface area contributed by atoms with E-state index in [9.17, 15) is 14.0 Å². The molecule has 2 rings (SSSR count). The van der Waals surface area contributed by atoms with Crippen LogP contribution in [-0.2, 0) is 9.59 Å². The van der Waals surface area contributed by atoms with Crippen LogP contribution in [0.15, 0.2) is 24.3 Å². The van der Waals surface area contributed by atoms with Gasteiger partial charge in [-0.15, -0.1) is 0 Å². The summed E-state index contributed by atoms with van der Waals surface area (Å²) in [6, 6.07) is 7.52. The maximum atomic E-state index is 14.1. The first-order valence-electron chi connectivity index (χ1n) is 7.73. The first-order valence-corrected chi connectivity index (χ1v) is 7.73. The van der Waals surface area contributed by atoms with E-state index in [0.717, 1.165) is 17.7 Å². The Bertz CT molecular complexity index is 574. The first kappa shape index (κ1) is 17.2. The third-order valence-electron chi connectivity index (χ3n) is 4.46. The normalized spacial score (nSPS) is 22.0. The van der Waals surface area contributed by atoms with Gasteiger partial charge in [0.05, 0.1) is 13.7 Å². The van der Waals surface area contributed by atoms with E-state index < -0.39 is 11.6 Å². The summed E-state index contributed by atoms with van der Waals surface area (Å²) in [5, 5.41) is 8.90. The van der Waals surface area contributed by atoms with E-state index in [1.54, 1.807) is 7.11 Å². The molecule has 0 radical (unpaired) electrons. The van der Waals surface area contributed by atoms with Gasteiger partial charge in [-0.3, -0.25) is 4.79 Å². The van der Waals surface area contributed by atoms with Crippen LogP contribution in [0.25, 0.3) is 0 Å². The molecule has 0 aromatic heterocycles. The number of halogens is 1. The fraction of sp³-hybridized carbons (Fsp3) is 0.529. The van der Waals surface area contributed by atoms with Gasteiger partial charge < -0.3 is 14.7 Å². The molecule has 23 heavy (non-hydrogen) atoms. The molecule has 1 aromatic carbocycles. The van der Waals surface area contributed by atoms with Crippen molar-refractivity contribution in [1.29, 1.82) is 0 Å². The van der Waals surface area contributed by atoms with Crippen molar-refractivity contribution in [3.63, 3.8) is 0 Å². The van der Waals surface area contributed by atoms with Crippen LogP contribution in [0.4, 0.5) is 4.39 Å². The number of ether oxygens (including phenoxy) is 1. The summed E-state index contributed by atoms with van der Waals surface area (Å²) in [6.07, 6.45) is 0.873. The van der Waals surface area contributed by atoms with Gasteiger partial charge in [0.15, 0.2) is 0 Å². The second kappa shape index (κ2) is 6.98. The highest BCUT2D eigenvalue weighted by molar-refractivity contribution is 5.82. The molecule has 1 aromatic rings. The predicted octanol–water partition coefficient (Wildman–Crippen LogP) is 2.60. The fourth-order valence-electron chi connectivity index (χ4n) is 2.87. The van der Waals surface area contributed by atoms with Crippen molar-refractivity contribution in [2.24, 2.45) is 0 Å². The molecule has 1 N–H and O–H groups in total. The quantitative estimate of drug-likeness (QED) is 0.874. The third kappa shape index (κ3) is 3.81. The number of aliphatic carboxylic acids is 1. The van der Waals surface area contributed by atoms with Crippen molar-refractivity contribution in [1.82, 2.24) is 4.90 Å². The summed E-state index contributed by atoms with van der Waals surface area (Å²) in [7, 11) is 1.59. The number of carboxylic acid groups (broad SMARTS) is 1. The lowest BCUT2D eigenvalue weighted by molar-refractivity contribution is -0.150. The minimum Gasteiger partial charge on any atom is -0.497 e. The Morgan fingerprint density at radius 3 is 2.52 bits per heavy atom. The monoisotopic (exact) mass is 323 g/mol. The zero-order chi connectivity index (χ0) is 17.0. The molecule has 2 atom stereocenters. The van der Waals surface area contributed by atoms with Crippen molar-refractivity contribution < 1.29 is 23.8 Å². The zero-order valence-corrected chi connectivity index (χ0v) is 13.4. The van der Waals surface area contributed by atoms with Crippen molar-refractivity contribution in [2.45, 2.75) is 37.8 Å². The van der Waals surface area contributed by atoms with Crippen molar-refractivity contribution in [3.05, 3.63) is 29.8 Å². The van der Waals surface area contributed by atoms with E-state index in [4.69, 9.17) is 9.84 Å². The first-order chi connectivity index (χ1) is 10.9. The number of hydrogen-bond acceptors (Lipinski definition) is 3. The molecule has 1 fully saturated rings. The number of likely N-dealkylation sites (tertiary alicyclic amines) is 1. The van der Waals surface area contributed by atoms with Gasteiger partial charge in [-0.25, -0.2) is 9.18 Å². The van der Waals surface area contributed by atoms with Gasteiger partial charge in [0.1, 0.15) is 5.75 Å². The summed E-state index contributed by atoms with van der Waals surface area (Å²) in [4.78, 5) is 24.6. The van der Waals surface area contributed by atoms with Crippen molar-refractivity contribution in [3.8, 4) is 5.75 Å². The van der Waals surface area contributed by atoms with Crippen LogP contribution >= 0.6 is 0 Å². The van der Waals surface area contributed by atoms with Crippen molar-refractivity contribution >= 4 is 11.9 Å². The van der Waals surface area contributed by atoms with E-state index >= 15 is 0 Å². The molecular formula is C17H22FNO4. The third-order valence-corrected chi connectivity index (χ3v) is 4.46. The number of hydrogen-bond donors (Lipinski definition) is 1. The molecule has 0 spiro atoms. The summed E-state index contributed by atoms with van der Waals surface area (Å²) >= 11 is 0. The Kier molecular flexibility index (Phi) is 5.23. The Morgan fingerprint density at radius 2 is 2.04 bits per heavy atom. The summed E-state index contributed by atoms with van der Waals surface area (Å²) in [6.45, 7) is 1.78. The number of carbonyl (C=O) groups excluding carboxylic acids is 1. The lowest BCUT2D eigenvalue weighted by Crippen LogP contribution is -2.39. The summed E-state index contributed by atoms with van der Waals surface area (Å²) in [5.41, 5.74) is -1.29. The molecule has 1 aliphatic rings. The van der Waals surface area contributed by atoms with E-state index in [1.165, 1.54) is 4.90 Å². The fourth-order valence-corrected chi connectivity index (χ4v) is 2.87. The molecule has 0 aliphatic carbocycles. The number of benzene rings is 1. The molecule has 0 bridgehead atoms. The zero-order valence-electron chi connectivity index (χ0n) is 13.4. The van der Waals surface area contributed by atoms with Gasteiger partial charge in [0.2, 0.25) is 11.6 Å². The minimum atomic E-state index is -2.31. The second-order valence-corrected chi connectivity index (χ2v) is 5.92. The SMILES string of the molecule is CCC(CC(=O)N1CCC(F)(C(=O)O)C1)c1ccc(OC)cc1. The Morgan fingerprint density at radius 1 is 1.39 bits per heavy atom. The molecule has 2 unspecified atom stereocenters. The van der Waals surface area contributed by atoms with Gasteiger partial charge in [0, 0.05) is 19.4 Å². The lowest BCUT2D eigenvalue weighted by Gasteiger charge is -2.21. The topological polar surface area (TPSA) is 66.8 Å². The summed E-state index contributed by atoms with van der Waals surface area (Å²) < 4.78 is 19.2. The van der Waals surface area contributed by atoms with Gasteiger partial charge >= 0.3 is 5.97 Å². The van der Waals surface area contributed by atoms with E-state index in [-0.39, 0.29) is 37.8 Å². The smallest absolute Gasteiger partial charge is 0.343 e. The highest BCUT2D eigenvalue weighted by atomic mass is 19.1. The highest BCUT2D eigenvalue weighted by Gasteiger charge is 2.46. The Labute approximate surface area is 135 Å². The number of rotatable bonds is 6. The maximum absolute atomic E-state index is 14.1. The molecule has 5 nitrogen and oxygen atoms in total. The molecule has 1 aliphatic heterocycles. The van der Waals surface area contributed by atoms with Crippen LogP contribution < -0.4 is 4.74 Å². The standard InChI is InChI=1S/C17H22FNO4/c1-3-12(13-4-6-14(23-2)7-5-13)10-15(20)19-9-8-17(18,11-19)16(21)22/h4-7,12H,3,8-11H2,1-2H3,(H,21,22). The molecular weight excluding hydrogens is 301 g/mol. The van der Waals surface area contributed by atoms with Crippen LogP contribution in [0.3, 0.4) is 0 Å². The number of carboxylic acids is 1. The second-order valence-electron chi connectivity index (χ2n) is 5.92. The highest BCUT2D eigenvalue weighted by Crippen LogP contribution is 2.30. The number of amides is 1. The predicted molar refractivity (Wildman–Crippen MR) is 83.3 cm³/mol. The summed E-state index contributed by atoms with van der Waals surface area (Å²) in [5.74, 6) is -0.922. The van der Waals surface area contributed by atoms with Crippen LogP contribution in [0, 0.1) is 0 Å². The Balaban J connectivity index is 2.01. The number of methoxy groups -OCH3 is 1. The average Bonchev–Trinajstić information content (AvgIpc) is 2.96. The molecule has 6 heteroatoms. The van der Waals surface area contributed by atoms with Gasteiger partial charge in [0.25, 0.3) is 0 Å². The number of alkyl halides is 1. The molecule has 1 saturated heterocycles. The minimum absolute atomic E-state index is 0.0212.